The van der Waals surface area contributed by atoms with Crippen molar-refractivity contribution >= 4 is 21.8 Å². The fourth-order valence-corrected chi connectivity index (χ4v) is 3.16. The van der Waals surface area contributed by atoms with Gasteiger partial charge in [0.25, 0.3) is 0 Å². The molecule has 1 heterocycles. The molecule has 126 valence electrons. The number of ether oxygens (including phenoxy) is 2. The third-order valence-corrected chi connectivity index (χ3v) is 5.05. The number of likely N-dealkylation sites (N-methyl/N-ethyl adjacent to an activating group) is 1. The van der Waals surface area contributed by atoms with E-state index in [0.717, 1.165) is 21.3 Å². The number of hydrogen-bond donors (Lipinski definition) is 0. The molecule has 0 saturated carbocycles. The Bertz CT molecular complexity index is 733. The van der Waals surface area contributed by atoms with E-state index in [-0.39, 0.29) is 11.9 Å². The summed E-state index contributed by atoms with van der Waals surface area (Å²) in [6.07, 6.45) is 0.310. The average Bonchev–Trinajstić information content (AvgIpc) is 2.61. The van der Waals surface area contributed by atoms with Gasteiger partial charge in [-0.3, -0.25) is 4.79 Å². The Hall–Kier alpha value is -2.01. The van der Waals surface area contributed by atoms with Crippen molar-refractivity contribution in [2.45, 2.75) is 19.4 Å². The Morgan fingerprint density at radius 3 is 2.46 bits per heavy atom. The Labute approximate surface area is 150 Å². The number of halogens is 1. The van der Waals surface area contributed by atoms with Crippen molar-refractivity contribution in [2.24, 2.45) is 0 Å². The minimum atomic E-state index is 0.0229. The van der Waals surface area contributed by atoms with Crippen LogP contribution in [0.2, 0.25) is 0 Å². The van der Waals surface area contributed by atoms with E-state index in [0.29, 0.717) is 25.4 Å². The van der Waals surface area contributed by atoms with Gasteiger partial charge in [0.05, 0.1) is 12.5 Å². The predicted octanol–water partition coefficient (Wildman–Crippen LogP) is 3.98. The van der Waals surface area contributed by atoms with Crippen LogP contribution in [0.3, 0.4) is 0 Å². The summed E-state index contributed by atoms with van der Waals surface area (Å²) in [4.78, 5) is 14.5. The zero-order valence-electron chi connectivity index (χ0n) is 13.8. The molecule has 24 heavy (non-hydrogen) atoms. The fourth-order valence-electron chi connectivity index (χ4n) is 2.70. The molecule has 1 atom stereocenters. The highest BCUT2D eigenvalue weighted by molar-refractivity contribution is 9.10. The van der Waals surface area contributed by atoms with Gasteiger partial charge >= 0.3 is 0 Å². The van der Waals surface area contributed by atoms with Crippen LogP contribution in [-0.4, -0.2) is 31.1 Å². The molecule has 5 heteroatoms. The van der Waals surface area contributed by atoms with Gasteiger partial charge in [-0.2, -0.15) is 0 Å². The summed E-state index contributed by atoms with van der Waals surface area (Å²) >= 11 is 3.53. The van der Waals surface area contributed by atoms with Gasteiger partial charge in [0.1, 0.15) is 13.2 Å². The van der Waals surface area contributed by atoms with Crippen molar-refractivity contribution in [1.29, 1.82) is 0 Å². The van der Waals surface area contributed by atoms with Crippen LogP contribution in [0.25, 0.3) is 0 Å². The van der Waals surface area contributed by atoms with Gasteiger partial charge in [0.15, 0.2) is 11.5 Å². The third kappa shape index (κ3) is 3.56. The molecule has 1 aliphatic heterocycles. The molecular formula is C19H20BrNO3. The second kappa shape index (κ2) is 7.26. The molecule has 0 radical (unpaired) electrons. The lowest BCUT2D eigenvalue weighted by Crippen LogP contribution is -2.31. The van der Waals surface area contributed by atoms with E-state index < -0.39 is 0 Å². The van der Waals surface area contributed by atoms with E-state index in [2.05, 4.69) is 15.9 Å². The standard InChI is InChI=1S/C19H20BrNO3/c1-13(14-6-4-3-5-7-14)21(2)19(22)11-15-10-17-18(12-16(15)20)24-9-8-23-17/h3-7,10,12-13H,8-9,11H2,1-2H3. The number of hydrogen-bond acceptors (Lipinski definition) is 3. The molecule has 1 aliphatic rings. The van der Waals surface area contributed by atoms with Crippen LogP contribution in [0.1, 0.15) is 24.1 Å². The van der Waals surface area contributed by atoms with Crippen molar-refractivity contribution in [2.75, 3.05) is 20.3 Å². The summed E-state index contributed by atoms with van der Waals surface area (Å²) in [6, 6.07) is 13.8. The van der Waals surface area contributed by atoms with Gasteiger partial charge in [-0.25, -0.2) is 0 Å². The number of benzene rings is 2. The summed E-state index contributed by atoms with van der Waals surface area (Å²) in [5.74, 6) is 1.48. The van der Waals surface area contributed by atoms with Gasteiger partial charge in [-0.1, -0.05) is 46.3 Å². The predicted molar refractivity (Wildman–Crippen MR) is 96.5 cm³/mol. The van der Waals surface area contributed by atoms with Crippen molar-refractivity contribution in [3.05, 3.63) is 58.1 Å². The molecule has 0 aliphatic carbocycles. The lowest BCUT2D eigenvalue weighted by atomic mass is 10.1. The van der Waals surface area contributed by atoms with Crippen molar-refractivity contribution in [3.63, 3.8) is 0 Å². The van der Waals surface area contributed by atoms with E-state index >= 15 is 0 Å². The number of nitrogens with zero attached hydrogens (tertiary/aromatic N) is 1. The van der Waals surface area contributed by atoms with Gasteiger partial charge in [-0.15, -0.1) is 0 Å². The molecular weight excluding hydrogens is 370 g/mol. The van der Waals surface area contributed by atoms with Crippen LogP contribution in [0.4, 0.5) is 0 Å². The van der Waals surface area contributed by atoms with Crippen LogP contribution in [-0.2, 0) is 11.2 Å². The first kappa shape index (κ1) is 16.8. The van der Waals surface area contributed by atoms with Gasteiger partial charge < -0.3 is 14.4 Å². The smallest absolute Gasteiger partial charge is 0.227 e. The Morgan fingerprint density at radius 1 is 1.17 bits per heavy atom. The Morgan fingerprint density at radius 2 is 1.79 bits per heavy atom. The number of rotatable bonds is 4. The SMILES string of the molecule is CC(c1ccccc1)N(C)C(=O)Cc1cc2c(cc1Br)OCCO2. The van der Waals surface area contributed by atoms with E-state index in [1.165, 1.54) is 0 Å². The zero-order chi connectivity index (χ0) is 17.1. The first-order chi connectivity index (χ1) is 11.6. The first-order valence-electron chi connectivity index (χ1n) is 7.95. The van der Waals surface area contributed by atoms with E-state index in [9.17, 15) is 4.79 Å². The summed E-state index contributed by atoms with van der Waals surface area (Å²) in [5, 5.41) is 0. The molecule has 4 nitrogen and oxygen atoms in total. The summed E-state index contributed by atoms with van der Waals surface area (Å²) < 4.78 is 12.0. The minimum absolute atomic E-state index is 0.0229. The molecule has 2 aromatic carbocycles. The van der Waals surface area contributed by atoms with Crippen molar-refractivity contribution in [1.82, 2.24) is 4.90 Å². The molecule has 0 bridgehead atoms. The second-order valence-corrected chi connectivity index (χ2v) is 6.71. The Balaban J connectivity index is 1.74. The topological polar surface area (TPSA) is 38.8 Å². The summed E-state index contributed by atoms with van der Waals surface area (Å²) in [7, 11) is 1.84. The van der Waals surface area contributed by atoms with Crippen LogP contribution in [0.15, 0.2) is 46.9 Å². The number of carbonyl (C=O) groups is 1. The quantitative estimate of drug-likeness (QED) is 0.793. The molecule has 0 spiro atoms. The zero-order valence-corrected chi connectivity index (χ0v) is 15.4. The maximum atomic E-state index is 12.7. The third-order valence-electron chi connectivity index (χ3n) is 4.31. The van der Waals surface area contributed by atoms with Gasteiger partial charge in [0.2, 0.25) is 5.91 Å². The van der Waals surface area contributed by atoms with Crippen LogP contribution >= 0.6 is 15.9 Å². The van der Waals surface area contributed by atoms with E-state index in [1.54, 1.807) is 4.90 Å². The summed E-state index contributed by atoms with van der Waals surface area (Å²) in [5.41, 5.74) is 2.02. The number of fused-ring (bicyclic) bond motifs is 1. The molecule has 0 fully saturated rings. The highest BCUT2D eigenvalue weighted by atomic mass is 79.9. The number of carbonyl (C=O) groups excluding carboxylic acids is 1. The molecule has 2 aromatic rings. The van der Waals surface area contributed by atoms with Gasteiger partial charge in [-0.05, 0) is 30.2 Å². The molecule has 1 unspecified atom stereocenters. The van der Waals surface area contributed by atoms with Crippen molar-refractivity contribution in [3.8, 4) is 11.5 Å². The maximum Gasteiger partial charge on any atom is 0.227 e. The van der Waals surface area contributed by atoms with Crippen LogP contribution in [0.5, 0.6) is 11.5 Å². The monoisotopic (exact) mass is 389 g/mol. The van der Waals surface area contributed by atoms with E-state index in [1.807, 2.05) is 56.4 Å². The molecule has 3 rings (SSSR count). The molecule has 1 amide bonds. The van der Waals surface area contributed by atoms with Crippen LogP contribution < -0.4 is 9.47 Å². The number of amides is 1. The highest BCUT2D eigenvalue weighted by Crippen LogP contribution is 2.36. The lowest BCUT2D eigenvalue weighted by Gasteiger charge is -2.26. The van der Waals surface area contributed by atoms with E-state index in [4.69, 9.17) is 9.47 Å². The molecule has 0 N–H and O–H groups in total. The highest BCUT2D eigenvalue weighted by Gasteiger charge is 2.21. The maximum absolute atomic E-state index is 12.7. The molecule has 0 aromatic heterocycles. The average molecular weight is 390 g/mol. The molecule has 0 saturated heterocycles. The minimum Gasteiger partial charge on any atom is -0.486 e. The Kier molecular flexibility index (Phi) is 5.09. The normalized spacial score (nSPS) is 14.1. The fraction of sp³-hybridized carbons (Fsp3) is 0.316. The lowest BCUT2D eigenvalue weighted by molar-refractivity contribution is -0.131. The van der Waals surface area contributed by atoms with Crippen molar-refractivity contribution < 1.29 is 14.3 Å². The largest absolute Gasteiger partial charge is 0.486 e. The van der Waals surface area contributed by atoms with Crippen LogP contribution in [0, 0.1) is 0 Å². The summed E-state index contributed by atoms with van der Waals surface area (Å²) in [6.45, 7) is 3.12. The van der Waals surface area contributed by atoms with Gasteiger partial charge in [0, 0.05) is 11.5 Å². The second-order valence-electron chi connectivity index (χ2n) is 5.86. The first-order valence-corrected chi connectivity index (χ1v) is 8.74.